The van der Waals surface area contributed by atoms with Crippen molar-refractivity contribution in [1.82, 2.24) is 5.09 Å². The molecule has 0 bridgehead atoms. The van der Waals surface area contributed by atoms with Crippen molar-refractivity contribution in [3.05, 3.63) is 35.6 Å². The molecule has 0 radical (unpaired) electrons. The SMILES string of the molecule is C=C(N)/C(C)=C/C=C(\C)C1CCC(CC[P+](=C)NC(C)C)C1. The Kier molecular flexibility index (Phi) is 8.14. The van der Waals surface area contributed by atoms with Gasteiger partial charge in [0.25, 0.3) is 0 Å². The van der Waals surface area contributed by atoms with Gasteiger partial charge in [-0.2, -0.15) is 0 Å². The summed E-state index contributed by atoms with van der Waals surface area (Å²) in [6, 6.07) is 0.553. The molecule has 0 saturated heterocycles. The van der Waals surface area contributed by atoms with Gasteiger partial charge in [-0.25, -0.2) is 0 Å². The Balaban J connectivity index is 2.42. The molecular weight excluding hydrogens is 287 g/mol. The standard InChI is InChI=1S/C19H34N2P/c1-14(2)21-22(6)12-11-18-9-10-19(13-18)16(4)8-7-15(3)17(5)20/h7-8,14,18-19,21H,5-6,9-13,20H2,1-4H3/q+1/b15-7+,16-8+. The van der Waals surface area contributed by atoms with Crippen molar-refractivity contribution in [2.24, 2.45) is 17.6 Å². The molecule has 3 N–H and O–H groups in total. The molecule has 0 aromatic carbocycles. The highest BCUT2D eigenvalue weighted by atomic mass is 31.1. The molecule has 124 valence electrons. The number of allylic oxidation sites excluding steroid dienone is 4. The van der Waals surface area contributed by atoms with Crippen molar-refractivity contribution >= 4 is 14.0 Å². The zero-order chi connectivity index (χ0) is 16.7. The third-order valence-electron chi connectivity index (χ3n) is 4.54. The van der Waals surface area contributed by atoms with Crippen molar-refractivity contribution in [3.8, 4) is 0 Å². The van der Waals surface area contributed by atoms with E-state index in [9.17, 15) is 0 Å². The second-order valence-corrected chi connectivity index (χ2v) is 8.78. The quantitative estimate of drug-likeness (QED) is 0.488. The molecule has 3 heteroatoms. The Morgan fingerprint density at radius 1 is 1.32 bits per heavy atom. The molecular formula is C19H34N2P+. The normalized spacial score (nSPS) is 24.0. The van der Waals surface area contributed by atoms with Gasteiger partial charge in [0.05, 0.1) is 6.30 Å². The maximum absolute atomic E-state index is 5.70. The van der Waals surface area contributed by atoms with Crippen molar-refractivity contribution in [3.63, 3.8) is 0 Å². The minimum atomic E-state index is -0.236. The molecule has 1 saturated carbocycles. The van der Waals surface area contributed by atoms with E-state index in [1.54, 1.807) is 0 Å². The molecule has 0 amide bonds. The van der Waals surface area contributed by atoms with Gasteiger partial charge >= 0.3 is 0 Å². The smallest absolute Gasteiger partial charge is 0.174 e. The average molecular weight is 321 g/mol. The van der Waals surface area contributed by atoms with Crippen LogP contribution in [0.25, 0.3) is 0 Å². The first-order chi connectivity index (χ1) is 10.3. The van der Waals surface area contributed by atoms with Gasteiger partial charge in [0.15, 0.2) is 7.70 Å². The first kappa shape index (κ1) is 19.2. The lowest BCUT2D eigenvalue weighted by atomic mass is 9.96. The van der Waals surface area contributed by atoms with E-state index in [0.717, 1.165) is 17.4 Å². The highest BCUT2D eigenvalue weighted by Gasteiger charge is 2.26. The summed E-state index contributed by atoms with van der Waals surface area (Å²) in [6.45, 7) is 12.4. The van der Waals surface area contributed by atoms with Crippen LogP contribution >= 0.6 is 7.70 Å². The van der Waals surface area contributed by atoms with Crippen LogP contribution in [-0.2, 0) is 0 Å². The lowest BCUT2D eigenvalue weighted by Crippen LogP contribution is -2.15. The average Bonchev–Trinajstić information content (AvgIpc) is 2.90. The number of hydrogen-bond acceptors (Lipinski definition) is 2. The van der Waals surface area contributed by atoms with Crippen LogP contribution in [0.1, 0.15) is 53.4 Å². The zero-order valence-corrected chi connectivity index (χ0v) is 15.8. The van der Waals surface area contributed by atoms with E-state index in [1.807, 2.05) is 6.92 Å². The van der Waals surface area contributed by atoms with Gasteiger partial charge in [0, 0.05) is 11.7 Å². The minimum Gasteiger partial charge on any atom is -0.399 e. The summed E-state index contributed by atoms with van der Waals surface area (Å²) in [4.78, 5) is 0. The fraction of sp³-hybridized carbons (Fsp3) is 0.632. The van der Waals surface area contributed by atoms with Gasteiger partial charge in [-0.1, -0.05) is 24.3 Å². The highest BCUT2D eigenvalue weighted by molar-refractivity contribution is 7.53. The highest BCUT2D eigenvalue weighted by Crippen LogP contribution is 2.38. The van der Waals surface area contributed by atoms with Gasteiger partial charge in [0.2, 0.25) is 0 Å². The molecule has 0 aliphatic heterocycles. The molecule has 2 nitrogen and oxygen atoms in total. The molecule has 3 atom stereocenters. The maximum Gasteiger partial charge on any atom is 0.174 e. The summed E-state index contributed by atoms with van der Waals surface area (Å²) in [5.74, 6) is 1.62. The Bertz CT molecular complexity index is 460. The second-order valence-electron chi connectivity index (χ2n) is 7.00. The molecule has 1 aliphatic rings. The third-order valence-corrected chi connectivity index (χ3v) is 6.22. The summed E-state index contributed by atoms with van der Waals surface area (Å²) in [5, 5.41) is 3.56. The zero-order valence-electron chi connectivity index (χ0n) is 14.9. The first-order valence-corrected chi connectivity index (χ1v) is 10.1. The molecule has 1 fully saturated rings. The summed E-state index contributed by atoms with van der Waals surface area (Å²) in [5.41, 5.74) is 8.91. The van der Waals surface area contributed by atoms with Gasteiger partial charge in [0.1, 0.15) is 6.16 Å². The molecule has 22 heavy (non-hydrogen) atoms. The lowest BCUT2D eigenvalue weighted by molar-refractivity contribution is 0.511. The van der Waals surface area contributed by atoms with E-state index in [0.29, 0.717) is 11.7 Å². The fourth-order valence-electron chi connectivity index (χ4n) is 3.02. The summed E-state index contributed by atoms with van der Waals surface area (Å²) < 4.78 is 0. The molecule has 3 unspecified atom stereocenters. The van der Waals surface area contributed by atoms with Crippen LogP contribution in [0.15, 0.2) is 35.6 Å². The molecule has 0 spiro atoms. The van der Waals surface area contributed by atoms with Crippen molar-refractivity contribution < 1.29 is 0 Å². The predicted octanol–water partition coefficient (Wildman–Crippen LogP) is 4.98. The van der Waals surface area contributed by atoms with Crippen molar-refractivity contribution in [1.29, 1.82) is 0 Å². The first-order valence-electron chi connectivity index (χ1n) is 8.43. The van der Waals surface area contributed by atoms with Gasteiger partial charge < -0.3 is 5.73 Å². The van der Waals surface area contributed by atoms with E-state index < -0.39 is 0 Å². The number of hydrogen-bond donors (Lipinski definition) is 2. The predicted molar refractivity (Wildman–Crippen MR) is 103 cm³/mol. The summed E-state index contributed by atoms with van der Waals surface area (Å²) >= 11 is 0. The molecule has 0 heterocycles. The Hall–Kier alpha value is -0.850. The summed E-state index contributed by atoms with van der Waals surface area (Å²) in [7, 11) is -0.236. The van der Waals surface area contributed by atoms with Gasteiger partial charge in [-0.3, -0.25) is 0 Å². The number of nitrogens with two attached hydrogens (primary N) is 1. The van der Waals surface area contributed by atoms with Crippen LogP contribution < -0.4 is 10.8 Å². The summed E-state index contributed by atoms with van der Waals surface area (Å²) in [6.07, 6.45) is 15.2. The third kappa shape index (κ3) is 6.94. The molecule has 1 aliphatic carbocycles. The molecule has 0 aromatic heterocycles. The monoisotopic (exact) mass is 321 g/mol. The van der Waals surface area contributed by atoms with Crippen molar-refractivity contribution in [2.45, 2.75) is 59.4 Å². The van der Waals surface area contributed by atoms with Crippen LogP contribution in [0.3, 0.4) is 0 Å². The molecule has 0 aromatic rings. The fourth-order valence-corrected chi connectivity index (χ4v) is 4.55. The number of rotatable bonds is 8. The molecule has 1 rings (SSSR count). The van der Waals surface area contributed by atoms with E-state index in [2.05, 4.69) is 50.9 Å². The van der Waals surface area contributed by atoms with Gasteiger partial charge in [-0.15, -0.1) is 5.09 Å². The van der Waals surface area contributed by atoms with E-state index in [-0.39, 0.29) is 7.70 Å². The minimum absolute atomic E-state index is 0.236. The van der Waals surface area contributed by atoms with E-state index >= 15 is 0 Å². The topological polar surface area (TPSA) is 38.0 Å². The maximum atomic E-state index is 5.70. The van der Waals surface area contributed by atoms with E-state index in [1.165, 1.54) is 37.4 Å². The van der Waals surface area contributed by atoms with Crippen LogP contribution in [0.2, 0.25) is 0 Å². The largest absolute Gasteiger partial charge is 0.399 e. The van der Waals surface area contributed by atoms with Crippen LogP contribution in [0, 0.1) is 11.8 Å². The Labute approximate surface area is 138 Å². The van der Waals surface area contributed by atoms with Crippen LogP contribution in [0.4, 0.5) is 0 Å². The lowest BCUT2D eigenvalue weighted by Gasteiger charge is -2.11. The van der Waals surface area contributed by atoms with Crippen LogP contribution in [0.5, 0.6) is 0 Å². The second kappa shape index (κ2) is 9.33. The van der Waals surface area contributed by atoms with E-state index in [4.69, 9.17) is 5.73 Å². The van der Waals surface area contributed by atoms with Crippen LogP contribution in [-0.4, -0.2) is 18.5 Å². The van der Waals surface area contributed by atoms with Gasteiger partial charge in [-0.05, 0) is 70.8 Å². The Morgan fingerprint density at radius 2 is 2.00 bits per heavy atom. The van der Waals surface area contributed by atoms with Crippen molar-refractivity contribution in [2.75, 3.05) is 6.16 Å². The Morgan fingerprint density at radius 3 is 2.59 bits per heavy atom. The number of nitrogens with one attached hydrogen (secondary N) is 1.